The van der Waals surface area contributed by atoms with E-state index in [1.165, 1.54) is 10.9 Å². The third kappa shape index (κ3) is 3.05. The zero-order chi connectivity index (χ0) is 15.1. The van der Waals surface area contributed by atoms with E-state index in [2.05, 4.69) is 79.7 Å². The molecule has 1 heteroatoms. The van der Waals surface area contributed by atoms with Gasteiger partial charge in [-0.1, -0.05) is 33.2 Å². The quantitative estimate of drug-likeness (QED) is 0.471. The monoisotopic (exact) mass is 278 g/mol. The van der Waals surface area contributed by atoms with Crippen molar-refractivity contribution in [3.63, 3.8) is 0 Å². The third-order valence-electron chi connectivity index (χ3n) is 4.27. The van der Waals surface area contributed by atoms with Crippen LogP contribution < -0.4 is 5.30 Å². The molecule has 0 radical (unpaired) electrons. The summed E-state index contributed by atoms with van der Waals surface area (Å²) in [4.78, 5) is 0. The lowest BCUT2D eigenvalue weighted by Gasteiger charge is -2.51. The van der Waals surface area contributed by atoms with Crippen LogP contribution in [0, 0.1) is 6.66 Å². The highest BCUT2D eigenvalue weighted by atomic mass is 31.2. The number of rotatable bonds is 2. The molecule has 0 unspecified atom stereocenters. The van der Waals surface area contributed by atoms with Crippen molar-refractivity contribution in [2.75, 3.05) is 0 Å². The van der Waals surface area contributed by atoms with E-state index in [0.717, 1.165) is 0 Å². The Hall–Kier alpha value is -0.350. The van der Waals surface area contributed by atoms with Crippen LogP contribution in [-0.4, -0.2) is 10.3 Å². The second-order valence-corrected chi connectivity index (χ2v) is 12.7. The van der Waals surface area contributed by atoms with E-state index in [1.54, 1.807) is 0 Å². The van der Waals surface area contributed by atoms with Gasteiger partial charge < -0.3 is 0 Å². The topological polar surface area (TPSA) is 0 Å². The second-order valence-electron chi connectivity index (χ2n) is 7.90. The molecule has 0 saturated carbocycles. The van der Waals surface area contributed by atoms with Crippen molar-refractivity contribution in [2.24, 2.45) is 0 Å². The van der Waals surface area contributed by atoms with Gasteiger partial charge in [-0.2, -0.15) is 6.66 Å². The Bertz CT molecular complexity index is 416. The molecule has 19 heavy (non-hydrogen) atoms. The Morgan fingerprint density at radius 2 is 1.42 bits per heavy atom. The largest absolute Gasteiger partial charge is 0.174 e. The van der Waals surface area contributed by atoms with Gasteiger partial charge in [0.15, 0.2) is 0 Å². The van der Waals surface area contributed by atoms with Crippen LogP contribution in [0.15, 0.2) is 24.3 Å². The SMILES string of the molecule is [CH2-][P+](c1cccc(C(C)C)c1)(C(C)(C)C)C(C)(C)C. The number of benzene rings is 1. The van der Waals surface area contributed by atoms with Gasteiger partial charge in [0.1, 0.15) is 0 Å². The van der Waals surface area contributed by atoms with E-state index in [-0.39, 0.29) is 10.3 Å². The van der Waals surface area contributed by atoms with Gasteiger partial charge in [0.25, 0.3) is 0 Å². The summed E-state index contributed by atoms with van der Waals surface area (Å²) in [5.41, 5.74) is 1.43. The summed E-state index contributed by atoms with van der Waals surface area (Å²) >= 11 is 0. The molecule has 108 valence electrons. The first-order valence-corrected chi connectivity index (χ1v) is 9.23. The molecule has 0 atom stereocenters. The lowest BCUT2D eigenvalue weighted by atomic mass is 10.0. The molecule has 0 N–H and O–H groups in total. The molecule has 0 saturated heterocycles. The highest BCUT2D eigenvalue weighted by Gasteiger charge is 2.49. The minimum atomic E-state index is -1.51. The highest BCUT2D eigenvalue weighted by Crippen LogP contribution is 2.74. The van der Waals surface area contributed by atoms with Gasteiger partial charge in [-0.15, -0.1) is 0 Å². The molecule has 0 spiro atoms. The summed E-state index contributed by atoms with van der Waals surface area (Å²) in [6.45, 7) is 23.4. The lowest BCUT2D eigenvalue weighted by Crippen LogP contribution is -2.38. The Morgan fingerprint density at radius 3 is 1.79 bits per heavy atom. The van der Waals surface area contributed by atoms with Crippen molar-refractivity contribution in [3.8, 4) is 0 Å². The molecule has 1 rings (SSSR count). The van der Waals surface area contributed by atoms with E-state index in [0.29, 0.717) is 5.92 Å². The molecule has 1 aromatic rings. The van der Waals surface area contributed by atoms with Crippen LogP contribution in [0.2, 0.25) is 0 Å². The Kier molecular flexibility index (Phi) is 4.58. The van der Waals surface area contributed by atoms with E-state index in [4.69, 9.17) is 6.66 Å². The zero-order valence-electron chi connectivity index (χ0n) is 14.0. The zero-order valence-corrected chi connectivity index (χ0v) is 14.9. The van der Waals surface area contributed by atoms with Crippen LogP contribution in [0.25, 0.3) is 0 Å². The predicted octanol–water partition coefficient (Wildman–Crippen LogP) is 5.84. The smallest absolute Gasteiger partial charge is 0.0659 e. The minimum Gasteiger partial charge on any atom is -0.174 e. The van der Waals surface area contributed by atoms with Gasteiger partial charge in [0.05, 0.1) is 15.6 Å². The Balaban J connectivity index is 3.48. The first-order chi connectivity index (χ1) is 8.41. The summed E-state index contributed by atoms with van der Waals surface area (Å²) in [5.74, 6) is 0.577. The van der Waals surface area contributed by atoms with Crippen molar-refractivity contribution >= 4 is 12.6 Å². The van der Waals surface area contributed by atoms with Crippen LogP contribution >= 0.6 is 7.26 Å². The minimum absolute atomic E-state index is 0.223. The molecular weight excluding hydrogens is 247 g/mol. The molecule has 0 aliphatic heterocycles. The van der Waals surface area contributed by atoms with Crippen LogP contribution in [-0.2, 0) is 0 Å². The van der Waals surface area contributed by atoms with Gasteiger partial charge in [-0.25, -0.2) is 0 Å². The first kappa shape index (κ1) is 16.7. The summed E-state index contributed by atoms with van der Waals surface area (Å²) < 4.78 is 0. The molecule has 0 fully saturated rings. The molecule has 0 heterocycles. The summed E-state index contributed by atoms with van der Waals surface area (Å²) in [5, 5.41) is 1.92. The first-order valence-electron chi connectivity index (χ1n) is 7.25. The fraction of sp³-hybridized carbons (Fsp3) is 0.611. The van der Waals surface area contributed by atoms with E-state index in [1.807, 2.05) is 0 Å². The molecule has 0 bridgehead atoms. The van der Waals surface area contributed by atoms with Crippen LogP contribution in [0.4, 0.5) is 0 Å². The molecule has 0 aromatic heterocycles. The molecular formula is C18H31P. The molecule has 0 nitrogen and oxygen atoms in total. The summed E-state index contributed by atoms with van der Waals surface area (Å²) in [6.07, 6.45) is 0. The predicted molar refractivity (Wildman–Crippen MR) is 91.9 cm³/mol. The third-order valence-corrected chi connectivity index (χ3v) is 10.0. The van der Waals surface area contributed by atoms with E-state index >= 15 is 0 Å². The van der Waals surface area contributed by atoms with Crippen molar-refractivity contribution in [1.82, 2.24) is 0 Å². The Morgan fingerprint density at radius 1 is 0.947 bits per heavy atom. The van der Waals surface area contributed by atoms with Crippen molar-refractivity contribution in [3.05, 3.63) is 36.5 Å². The molecule has 0 aliphatic carbocycles. The van der Waals surface area contributed by atoms with Crippen LogP contribution in [0.5, 0.6) is 0 Å². The fourth-order valence-corrected chi connectivity index (χ4v) is 7.17. The maximum Gasteiger partial charge on any atom is 0.0659 e. The number of hydrogen-bond acceptors (Lipinski definition) is 0. The van der Waals surface area contributed by atoms with Gasteiger partial charge >= 0.3 is 0 Å². The molecule has 1 aromatic carbocycles. The lowest BCUT2D eigenvalue weighted by molar-refractivity contribution is 0.702. The average Bonchev–Trinajstić information content (AvgIpc) is 2.25. The van der Waals surface area contributed by atoms with E-state index in [9.17, 15) is 0 Å². The van der Waals surface area contributed by atoms with Crippen LogP contribution in [0.3, 0.4) is 0 Å². The standard InChI is InChI=1S/C18H31P/c1-14(2)15-11-10-12-16(13-15)19(9,17(3,4)5)18(6,7)8/h10-14H,9H2,1-8H3. The van der Waals surface area contributed by atoms with Crippen molar-refractivity contribution in [2.45, 2.75) is 71.6 Å². The molecule has 0 aliphatic rings. The Labute approximate surface area is 121 Å². The second kappa shape index (κ2) is 5.21. The highest BCUT2D eigenvalue weighted by molar-refractivity contribution is 7.86. The molecule has 0 amide bonds. The summed E-state index contributed by atoms with van der Waals surface area (Å²) in [7, 11) is -1.51. The van der Waals surface area contributed by atoms with E-state index < -0.39 is 7.26 Å². The van der Waals surface area contributed by atoms with Crippen molar-refractivity contribution in [1.29, 1.82) is 0 Å². The average molecular weight is 278 g/mol. The van der Waals surface area contributed by atoms with Gasteiger partial charge in [0.2, 0.25) is 0 Å². The van der Waals surface area contributed by atoms with Gasteiger partial charge in [-0.3, -0.25) is 0 Å². The number of hydrogen-bond donors (Lipinski definition) is 0. The summed E-state index contributed by atoms with van der Waals surface area (Å²) in [6, 6.07) is 9.15. The van der Waals surface area contributed by atoms with Gasteiger partial charge in [0, 0.05) is 0 Å². The maximum absolute atomic E-state index is 4.79. The maximum atomic E-state index is 4.79. The van der Waals surface area contributed by atoms with Gasteiger partial charge in [-0.05, 0) is 65.2 Å². The van der Waals surface area contributed by atoms with Crippen LogP contribution in [0.1, 0.15) is 66.9 Å². The normalized spacial score (nSPS) is 14.0. The van der Waals surface area contributed by atoms with Crippen molar-refractivity contribution < 1.29 is 0 Å². The fourth-order valence-electron chi connectivity index (χ4n) is 2.90.